The minimum Gasteiger partial charge on any atom is -0.457 e. The van der Waals surface area contributed by atoms with Gasteiger partial charge in [0, 0.05) is 16.3 Å². The van der Waals surface area contributed by atoms with Crippen molar-refractivity contribution in [2.24, 2.45) is 0 Å². The Balaban J connectivity index is 2.10. The fourth-order valence-electron chi connectivity index (χ4n) is 1.81. The van der Waals surface area contributed by atoms with Crippen LogP contribution in [0.3, 0.4) is 0 Å². The smallest absolute Gasteiger partial charge is 0.338 e. The number of nitrogen functional groups attached to an aromatic ring is 1. The van der Waals surface area contributed by atoms with Gasteiger partial charge in [-0.3, -0.25) is 0 Å². The molecule has 0 aliphatic carbocycles. The third-order valence-electron chi connectivity index (χ3n) is 2.70. The van der Waals surface area contributed by atoms with Gasteiger partial charge in [0.05, 0.1) is 5.56 Å². The number of hydrogen-bond acceptors (Lipinski definition) is 3. The average molecular weight is 294 g/mol. The molecule has 0 aromatic heterocycles. The van der Waals surface area contributed by atoms with E-state index < -0.39 is 11.8 Å². The highest BCUT2D eigenvalue weighted by Gasteiger charge is 2.11. The van der Waals surface area contributed by atoms with Crippen molar-refractivity contribution in [1.82, 2.24) is 0 Å². The van der Waals surface area contributed by atoms with Crippen LogP contribution >= 0.6 is 11.6 Å². The number of ether oxygens (including phenoxy) is 1. The number of esters is 1. The van der Waals surface area contributed by atoms with Crippen molar-refractivity contribution >= 4 is 23.3 Å². The normalized spacial score (nSPS) is 10.3. The first-order valence-electron chi connectivity index (χ1n) is 5.94. The molecule has 0 unspecified atom stereocenters. The predicted molar refractivity (Wildman–Crippen MR) is 76.1 cm³/mol. The molecule has 2 N–H and O–H groups in total. The van der Waals surface area contributed by atoms with E-state index in [2.05, 4.69) is 0 Å². The second-order valence-corrected chi connectivity index (χ2v) is 4.88. The summed E-state index contributed by atoms with van der Waals surface area (Å²) >= 11 is 5.77. The molecule has 5 heteroatoms. The lowest BCUT2D eigenvalue weighted by Crippen LogP contribution is -2.07. The summed E-state index contributed by atoms with van der Waals surface area (Å²) in [6, 6.07) is 9.01. The average Bonchev–Trinajstić information content (AvgIpc) is 2.38. The van der Waals surface area contributed by atoms with Gasteiger partial charge in [-0.05, 0) is 48.9 Å². The van der Waals surface area contributed by atoms with Gasteiger partial charge in [0.2, 0.25) is 0 Å². The molecule has 20 heavy (non-hydrogen) atoms. The van der Waals surface area contributed by atoms with Gasteiger partial charge in [-0.1, -0.05) is 11.6 Å². The van der Waals surface area contributed by atoms with Gasteiger partial charge in [-0.25, -0.2) is 9.18 Å². The molecule has 0 amide bonds. The summed E-state index contributed by atoms with van der Waals surface area (Å²) in [7, 11) is 0. The summed E-state index contributed by atoms with van der Waals surface area (Å²) in [5.74, 6) is -1.02. The van der Waals surface area contributed by atoms with E-state index in [0.717, 1.165) is 5.56 Å². The highest BCUT2D eigenvalue weighted by Crippen LogP contribution is 2.17. The lowest BCUT2D eigenvalue weighted by atomic mass is 10.1. The molecule has 0 aliphatic rings. The Hall–Kier alpha value is -2.07. The highest BCUT2D eigenvalue weighted by molar-refractivity contribution is 6.30. The van der Waals surface area contributed by atoms with E-state index in [1.807, 2.05) is 6.92 Å². The summed E-state index contributed by atoms with van der Waals surface area (Å²) in [6.07, 6.45) is 0. The maximum atomic E-state index is 13.5. The SMILES string of the molecule is Cc1cc(N)cc(C(=O)OCc2cc(Cl)ccc2F)c1. The van der Waals surface area contributed by atoms with Gasteiger partial charge in [0.1, 0.15) is 12.4 Å². The van der Waals surface area contributed by atoms with Crippen molar-refractivity contribution in [3.63, 3.8) is 0 Å². The molecule has 0 saturated heterocycles. The number of nitrogens with two attached hydrogens (primary N) is 1. The Labute approximate surface area is 121 Å². The van der Waals surface area contributed by atoms with Gasteiger partial charge in [-0.15, -0.1) is 0 Å². The number of hydrogen-bond donors (Lipinski definition) is 1. The quantitative estimate of drug-likeness (QED) is 0.693. The number of aryl methyl sites for hydroxylation is 1. The van der Waals surface area contributed by atoms with E-state index in [0.29, 0.717) is 16.3 Å². The summed E-state index contributed by atoms with van der Waals surface area (Å²) in [5, 5.41) is 0.386. The first-order valence-corrected chi connectivity index (χ1v) is 6.32. The second-order valence-electron chi connectivity index (χ2n) is 4.44. The summed E-state index contributed by atoms with van der Waals surface area (Å²) in [6.45, 7) is 1.64. The topological polar surface area (TPSA) is 52.3 Å². The Morgan fingerprint density at radius 2 is 2.05 bits per heavy atom. The Morgan fingerprint density at radius 3 is 2.75 bits per heavy atom. The number of carbonyl (C=O) groups is 1. The van der Waals surface area contributed by atoms with Gasteiger partial charge < -0.3 is 10.5 Å². The number of anilines is 1. The van der Waals surface area contributed by atoms with Crippen LogP contribution in [0.25, 0.3) is 0 Å². The predicted octanol–water partition coefficient (Wildman–Crippen LogP) is 3.73. The third kappa shape index (κ3) is 3.48. The Kier molecular flexibility index (Phi) is 4.25. The Morgan fingerprint density at radius 1 is 1.30 bits per heavy atom. The van der Waals surface area contributed by atoms with Gasteiger partial charge in [0.25, 0.3) is 0 Å². The summed E-state index contributed by atoms with van der Waals surface area (Å²) in [4.78, 5) is 11.9. The molecular formula is C15H13ClFNO2. The Bertz CT molecular complexity index is 638. The van der Waals surface area contributed by atoms with Crippen molar-refractivity contribution in [3.8, 4) is 0 Å². The van der Waals surface area contributed by atoms with Crippen LogP contribution in [0.5, 0.6) is 0 Å². The molecule has 3 nitrogen and oxygen atoms in total. The monoisotopic (exact) mass is 293 g/mol. The van der Waals surface area contributed by atoms with Crippen molar-refractivity contribution in [3.05, 3.63) is 63.9 Å². The summed E-state index contributed by atoms with van der Waals surface area (Å²) in [5.41, 5.74) is 7.56. The fraction of sp³-hybridized carbons (Fsp3) is 0.133. The third-order valence-corrected chi connectivity index (χ3v) is 2.94. The largest absolute Gasteiger partial charge is 0.457 e. The van der Waals surface area contributed by atoms with Gasteiger partial charge in [-0.2, -0.15) is 0 Å². The zero-order valence-electron chi connectivity index (χ0n) is 10.8. The molecule has 2 rings (SSSR count). The van der Waals surface area contributed by atoms with E-state index in [9.17, 15) is 9.18 Å². The lowest BCUT2D eigenvalue weighted by Gasteiger charge is -2.07. The first kappa shape index (κ1) is 14.3. The number of rotatable bonds is 3. The molecule has 2 aromatic carbocycles. The molecule has 0 atom stereocenters. The van der Waals surface area contributed by atoms with Crippen LogP contribution in [0.1, 0.15) is 21.5 Å². The molecule has 0 fully saturated rings. The molecule has 0 bridgehead atoms. The molecule has 0 saturated carbocycles. The molecule has 0 heterocycles. The van der Waals surface area contributed by atoms with Crippen LogP contribution < -0.4 is 5.73 Å². The fourth-order valence-corrected chi connectivity index (χ4v) is 2.01. The van der Waals surface area contributed by atoms with Crippen LogP contribution in [-0.2, 0) is 11.3 Å². The van der Waals surface area contributed by atoms with Crippen molar-refractivity contribution in [2.45, 2.75) is 13.5 Å². The molecular weight excluding hydrogens is 281 g/mol. The summed E-state index contributed by atoms with van der Waals surface area (Å²) < 4.78 is 18.5. The minimum atomic E-state index is -0.556. The van der Waals surface area contributed by atoms with Crippen molar-refractivity contribution in [1.29, 1.82) is 0 Å². The maximum Gasteiger partial charge on any atom is 0.338 e. The van der Waals surface area contributed by atoms with Gasteiger partial charge >= 0.3 is 5.97 Å². The lowest BCUT2D eigenvalue weighted by molar-refractivity contribution is 0.0469. The molecule has 0 spiro atoms. The second kappa shape index (κ2) is 5.92. The van der Waals surface area contributed by atoms with Crippen LogP contribution in [-0.4, -0.2) is 5.97 Å². The number of carbonyl (C=O) groups excluding carboxylic acids is 1. The maximum absolute atomic E-state index is 13.5. The number of benzene rings is 2. The van der Waals surface area contributed by atoms with Crippen molar-refractivity contribution < 1.29 is 13.9 Å². The zero-order chi connectivity index (χ0) is 14.7. The standard InChI is InChI=1S/C15H13ClFNO2/c1-9-4-10(7-13(18)5-9)15(19)20-8-11-6-12(16)2-3-14(11)17/h2-7H,8,18H2,1H3. The van der Waals surface area contributed by atoms with E-state index in [1.165, 1.54) is 24.3 Å². The van der Waals surface area contributed by atoms with Crippen LogP contribution in [0, 0.1) is 12.7 Å². The molecule has 0 radical (unpaired) electrons. The van der Waals surface area contributed by atoms with Crippen LogP contribution in [0.15, 0.2) is 36.4 Å². The highest BCUT2D eigenvalue weighted by atomic mass is 35.5. The van der Waals surface area contributed by atoms with E-state index in [4.69, 9.17) is 22.1 Å². The minimum absolute atomic E-state index is 0.181. The number of halogens is 2. The molecule has 2 aromatic rings. The van der Waals surface area contributed by atoms with E-state index >= 15 is 0 Å². The van der Waals surface area contributed by atoms with E-state index in [-0.39, 0.29) is 12.2 Å². The molecule has 104 valence electrons. The van der Waals surface area contributed by atoms with E-state index in [1.54, 1.807) is 12.1 Å². The zero-order valence-corrected chi connectivity index (χ0v) is 11.6. The molecule has 0 aliphatic heterocycles. The van der Waals surface area contributed by atoms with Crippen molar-refractivity contribution in [2.75, 3.05) is 5.73 Å². The first-order chi connectivity index (χ1) is 9.45. The van der Waals surface area contributed by atoms with Crippen LogP contribution in [0.4, 0.5) is 10.1 Å². The van der Waals surface area contributed by atoms with Crippen LogP contribution in [0.2, 0.25) is 5.02 Å². The van der Waals surface area contributed by atoms with Gasteiger partial charge in [0.15, 0.2) is 0 Å².